The minimum absolute atomic E-state index is 0.189. The Balaban J connectivity index is 2.25. The number of carbonyl (C=O) groups excluding carboxylic acids is 2. The van der Waals surface area contributed by atoms with Crippen molar-refractivity contribution in [1.82, 2.24) is 0 Å². The Morgan fingerprint density at radius 1 is 1.05 bits per heavy atom. The smallest absolute Gasteiger partial charge is 0.187 e. The summed E-state index contributed by atoms with van der Waals surface area (Å²) in [4.78, 5) is 24.6. The average molecular weight is 276 g/mol. The summed E-state index contributed by atoms with van der Waals surface area (Å²) in [5.74, 6) is -2.12. The molecule has 0 saturated heterocycles. The normalized spacial score (nSPS) is 50.7. The molecule has 6 atom stereocenters. The first-order chi connectivity index (χ1) is 9.10. The summed E-state index contributed by atoms with van der Waals surface area (Å²) in [5.41, 5.74) is -1.27. The van der Waals surface area contributed by atoms with E-state index in [1.165, 1.54) is 19.9 Å². The molecule has 4 aliphatic carbocycles. The van der Waals surface area contributed by atoms with E-state index >= 15 is 0 Å². The van der Waals surface area contributed by atoms with Crippen LogP contribution in [0.1, 0.15) is 27.7 Å². The van der Waals surface area contributed by atoms with E-state index in [0.717, 1.165) is 11.1 Å². The Morgan fingerprint density at radius 2 is 1.65 bits per heavy atom. The fraction of sp³-hybridized carbons (Fsp3) is 0.625. The lowest BCUT2D eigenvalue weighted by molar-refractivity contribution is -0.177. The minimum atomic E-state index is -1.53. The molecule has 4 aliphatic rings. The molecule has 1 saturated carbocycles. The third-order valence-corrected chi connectivity index (χ3v) is 5.53. The minimum Gasteiger partial charge on any atom is -0.382 e. The summed E-state index contributed by atoms with van der Waals surface area (Å²) in [6, 6.07) is 0. The van der Waals surface area contributed by atoms with E-state index in [1.807, 2.05) is 19.9 Å². The van der Waals surface area contributed by atoms with Crippen molar-refractivity contribution in [2.24, 2.45) is 23.7 Å². The third kappa shape index (κ3) is 1.38. The van der Waals surface area contributed by atoms with Crippen LogP contribution in [0.5, 0.6) is 0 Å². The molecular weight excluding hydrogens is 256 g/mol. The van der Waals surface area contributed by atoms with Crippen LogP contribution in [0.3, 0.4) is 0 Å². The maximum Gasteiger partial charge on any atom is 0.187 e. The number of Topliss-reactive ketones (excluding diaryl/α,β-unsaturated/α-hetero) is 1. The van der Waals surface area contributed by atoms with E-state index in [1.54, 1.807) is 0 Å². The van der Waals surface area contributed by atoms with Crippen LogP contribution in [0.2, 0.25) is 0 Å². The number of hydrogen-bond acceptors (Lipinski definition) is 4. The quantitative estimate of drug-likeness (QED) is 0.648. The van der Waals surface area contributed by atoms with Crippen molar-refractivity contribution in [3.8, 4) is 0 Å². The van der Waals surface area contributed by atoms with E-state index < -0.39 is 29.0 Å². The molecule has 2 bridgehead atoms. The largest absolute Gasteiger partial charge is 0.382 e. The summed E-state index contributed by atoms with van der Waals surface area (Å²) in [7, 11) is 0. The second-order valence-electron chi connectivity index (χ2n) is 6.88. The summed E-state index contributed by atoms with van der Waals surface area (Å²) in [5, 5.41) is 21.2. The zero-order valence-electron chi connectivity index (χ0n) is 12.2. The van der Waals surface area contributed by atoms with Gasteiger partial charge in [-0.3, -0.25) is 9.59 Å². The second kappa shape index (κ2) is 3.68. The Kier molecular flexibility index (Phi) is 2.52. The van der Waals surface area contributed by atoms with Gasteiger partial charge in [0.05, 0.1) is 0 Å². The van der Waals surface area contributed by atoms with Gasteiger partial charge in [-0.2, -0.15) is 0 Å². The fourth-order valence-corrected chi connectivity index (χ4v) is 4.42. The maximum atomic E-state index is 12.5. The molecule has 1 fully saturated rings. The molecule has 4 nitrogen and oxygen atoms in total. The van der Waals surface area contributed by atoms with Crippen LogP contribution in [0.25, 0.3) is 0 Å². The van der Waals surface area contributed by atoms with Gasteiger partial charge in [0, 0.05) is 23.7 Å². The number of fused-ring (bicyclic) bond motifs is 1. The zero-order chi connectivity index (χ0) is 15.0. The van der Waals surface area contributed by atoms with E-state index in [0.29, 0.717) is 0 Å². The summed E-state index contributed by atoms with van der Waals surface area (Å²) in [6.45, 7) is 6.72. The molecule has 0 aliphatic heterocycles. The molecule has 108 valence electrons. The molecule has 0 heterocycles. The van der Waals surface area contributed by atoms with E-state index in [2.05, 4.69) is 0 Å². The van der Waals surface area contributed by atoms with Crippen LogP contribution in [-0.2, 0) is 9.59 Å². The second-order valence-corrected chi connectivity index (χ2v) is 6.88. The first-order valence-corrected chi connectivity index (χ1v) is 7.00. The third-order valence-electron chi connectivity index (χ3n) is 5.53. The molecule has 4 heteroatoms. The lowest BCUT2D eigenvalue weighted by Crippen LogP contribution is -2.67. The highest BCUT2D eigenvalue weighted by molar-refractivity contribution is 6.01. The van der Waals surface area contributed by atoms with Crippen LogP contribution in [0, 0.1) is 23.7 Å². The fourth-order valence-electron chi connectivity index (χ4n) is 4.42. The van der Waals surface area contributed by atoms with Gasteiger partial charge in [-0.1, -0.05) is 17.2 Å². The first kappa shape index (κ1) is 13.7. The molecule has 0 radical (unpaired) electrons. The van der Waals surface area contributed by atoms with Crippen molar-refractivity contribution >= 4 is 11.6 Å². The van der Waals surface area contributed by atoms with Crippen molar-refractivity contribution in [3.05, 3.63) is 23.3 Å². The van der Waals surface area contributed by atoms with Crippen molar-refractivity contribution in [3.63, 3.8) is 0 Å². The van der Waals surface area contributed by atoms with Gasteiger partial charge in [0.15, 0.2) is 11.6 Å². The van der Waals surface area contributed by atoms with Gasteiger partial charge in [0.1, 0.15) is 11.2 Å². The summed E-state index contributed by atoms with van der Waals surface area (Å²) >= 11 is 0. The molecule has 0 spiro atoms. The highest BCUT2D eigenvalue weighted by Gasteiger charge is 2.65. The van der Waals surface area contributed by atoms with Crippen LogP contribution in [0.15, 0.2) is 23.3 Å². The Bertz CT molecular complexity index is 579. The Labute approximate surface area is 118 Å². The van der Waals surface area contributed by atoms with Crippen LogP contribution in [0.4, 0.5) is 0 Å². The summed E-state index contributed by atoms with van der Waals surface area (Å²) < 4.78 is 0. The predicted molar refractivity (Wildman–Crippen MR) is 72.7 cm³/mol. The molecule has 4 rings (SSSR count). The molecule has 20 heavy (non-hydrogen) atoms. The monoisotopic (exact) mass is 276 g/mol. The van der Waals surface area contributed by atoms with E-state index in [-0.39, 0.29) is 17.5 Å². The van der Waals surface area contributed by atoms with Crippen molar-refractivity contribution < 1.29 is 19.8 Å². The van der Waals surface area contributed by atoms with Crippen LogP contribution < -0.4 is 0 Å². The molecule has 0 amide bonds. The molecule has 0 aromatic carbocycles. The van der Waals surface area contributed by atoms with Crippen molar-refractivity contribution in [2.75, 3.05) is 0 Å². The standard InChI is InChI=1S/C16H20O4/c1-7-5-9-13-11(12(7)14(18)15(9,3)19)8(2)6-10(17)16(13,4)20/h5-6,9,11-13,19-20H,1-4H3/t9-,11-,12+,13+,15+,16-/m1/s1. The van der Waals surface area contributed by atoms with Gasteiger partial charge in [-0.25, -0.2) is 0 Å². The van der Waals surface area contributed by atoms with Crippen molar-refractivity contribution in [2.45, 2.75) is 38.9 Å². The maximum absolute atomic E-state index is 12.5. The van der Waals surface area contributed by atoms with Crippen molar-refractivity contribution in [1.29, 1.82) is 0 Å². The molecule has 0 unspecified atom stereocenters. The van der Waals surface area contributed by atoms with Gasteiger partial charge in [0.25, 0.3) is 0 Å². The number of carbonyl (C=O) groups is 2. The molecular formula is C16H20O4. The van der Waals surface area contributed by atoms with E-state index in [9.17, 15) is 19.8 Å². The SMILES string of the molecule is CC1=C[C@@H]2[C@H]3[C@H](C(C)=CC(=O)[C@@]3(C)O)[C@H]1C(=O)[C@@]2(C)O. The number of allylic oxidation sites excluding steroid dienone is 2. The van der Waals surface area contributed by atoms with Crippen LogP contribution in [-0.4, -0.2) is 33.0 Å². The summed E-state index contributed by atoms with van der Waals surface area (Å²) in [6.07, 6.45) is 3.32. The van der Waals surface area contributed by atoms with Gasteiger partial charge in [0.2, 0.25) is 0 Å². The number of ketones is 2. The lowest BCUT2D eigenvalue weighted by Gasteiger charge is -2.57. The molecule has 2 N–H and O–H groups in total. The van der Waals surface area contributed by atoms with Gasteiger partial charge in [-0.05, 0) is 33.8 Å². The highest BCUT2D eigenvalue weighted by atomic mass is 16.3. The topological polar surface area (TPSA) is 74.6 Å². The lowest BCUT2D eigenvalue weighted by atomic mass is 9.47. The first-order valence-electron chi connectivity index (χ1n) is 7.00. The number of aliphatic hydroxyl groups is 2. The highest BCUT2D eigenvalue weighted by Crippen LogP contribution is 2.57. The van der Waals surface area contributed by atoms with Gasteiger partial charge < -0.3 is 10.2 Å². The number of rotatable bonds is 0. The molecule has 0 aromatic rings. The Morgan fingerprint density at radius 3 is 2.25 bits per heavy atom. The van der Waals surface area contributed by atoms with Gasteiger partial charge >= 0.3 is 0 Å². The number of hydrogen-bond donors (Lipinski definition) is 2. The predicted octanol–water partition coefficient (Wildman–Crippen LogP) is 1.02. The van der Waals surface area contributed by atoms with Crippen LogP contribution >= 0.6 is 0 Å². The Hall–Kier alpha value is -1.26. The molecule has 0 aromatic heterocycles. The zero-order valence-corrected chi connectivity index (χ0v) is 12.2. The van der Waals surface area contributed by atoms with Gasteiger partial charge in [-0.15, -0.1) is 0 Å². The average Bonchev–Trinajstić information content (AvgIpc) is 2.32. The van der Waals surface area contributed by atoms with E-state index in [4.69, 9.17) is 0 Å².